The Hall–Kier alpha value is -3.76. The molecule has 0 saturated heterocycles. The minimum absolute atomic E-state index is 0. The largest absolute Gasteiger partial charge is 0.481 e. The Morgan fingerprint density at radius 2 is 1.21 bits per heavy atom. The lowest BCUT2D eigenvalue weighted by Gasteiger charge is -2.23. The average Bonchev–Trinajstić information content (AvgIpc) is 3.82. The molecule has 4 heterocycles. The second kappa shape index (κ2) is 28.6. The molecule has 4 aromatic heterocycles. The number of pyridine rings is 4. The number of hydrogen-bond donors (Lipinski definition) is 3. The number of esters is 2. The highest BCUT2D eigenvalue weighted by Crippen LogP contribution is 2.38. The lowest BCUT2D eigenvalue weighted by molar-refractivity contribution is -0.171. The number of alkyl halides is 2. The van der Waals surface area contributed by atoms with Crippen molar-refractivity contribution in [2.45, 2.75) is 79.4 Å². The van der Waals surface area contributed by atoms with Crippen LogP contribution >= 0.6 is 44.6 Å². The molecule has 0 saturated carbocycles. The number of nitrogens with zero attached hydrogens (tertiary/aromatic N) is 4. The fourth-order valence-electron chi connectivity index (χ4n) is 5.43. The molecule has 1 unspecified atom stereocenters. The van der Waals surface area contributed by atoms with Gasteiger partial charge in [-0.1, -0.05) is 39.1 Å². The van der Waals surface area contributed by atoms with Crippen molar-refractivity contribution in [3.05, 3.63) is 118 Å². The van der Waals surface area contributed by atoms with Crippen molar-refractivity contribution in [2.75, 3.05) is 13.2 Å². The van der Waals surface area contributed by atoms with E-state index in [0.29, 0.717) is 42.3 Å². The summed E-state index contributed by atoms with van der Waals surface area (Å²) in [6.07, 6.45) is 8.45. The van der Waals surface area contributed by atoms with E-state index in [9.17, 15) is 14.4 Å². The number of aromatic nitrogens is 4. The summed E-state index contributed by atoms with van der Waals surface area (Å²) in [5.41, 5.74) is 5.57. The molecule has 6 rings (SSSR count). The number of hydrogen-bond acceptors (Lipinski definition) is 12. The molecule has 18 heteroatoms. The third-order valence-corrected chi connectivity index (χ3v) is 8.62. The lowest BCUT2D eigenvalue weighted by atomic mass is 9.85. The van der Waals surface area contributed by atoms with E-state index in [1.165, 1.54) is 0 Å². The molecular weight excluding hydrogens is 842 g/mol. The van der Waals surface area contributed by atoms with Crippen LogP contribution in [0, 0.1) is 11.3 Å². The number of aliphatic hydroxyl groups is 2. The van der Waals surface area contributed by atoms with Crippen LogP contribution in [0.25, 0.3) is 0 Å². The average molecular weight is 893 g/mol. The number of carbonyl (C=O) groups is 3. The summed E-state index contributed by atoms with van der Waals surface area (Å²) >= 11 is 11.2. The predicted octanol–water partition coefficient (Wildman–Crippen LogP) is 7.11. The number of rotatable bonds is 9. The quantitative estimate of drug-likeness (QED) is 0.0665. The molecule has 2 aliphatic carbocycles. The van der Waals surface area contributed by atoms with Gasteiger partial charge in [0.25, 0.3) is 0 Å². The topological polar surface area (TPSA) is 199 Å². The van der Waals surface area contributed by atoms with Crippen LogP contribution in [0.3, 0.4) is 0 Å². The summed E-state index contributed by atoms with van der Waals surface area (Å²) < 4.78 is 19.2. The van der Waals surface area contributed by atoms with Gasteiger partial charge in [-0.2, -0.15) is 0 Å². The van der Waals surface area contributed by atoms with Crippen LogP contribution in [0.2, 0.25) is 0 Å². The minimum Gasteiger partial charge on any atom is -0.481 e. The zero-order chi connectivity index (χ0) is 40.8. The van der Waals surface area contributed by atoms with Crippen LogP contribution < -0.4 is 0 Å². The number of aliphatic carboxylic acids is 1. The van der Waals surface area contributed by atoms with Gasteiger partial charge in [0, 0.05) is 88.2 Å². The molecule has 0 spiro atoms. The standard InChI is InChI=1S/C14H17NO4.C9H9NO2.C7H7Cl2N.C7H9NO2.2CH4.Cl2OS/c1-3-18-12(16)14(13(17)19-4-2)8-10-6-5-7-15-11(10)9-14;11-9(12)7-4-6-2-1-3-10-8(6)5-7;8-4-6-2-1-3-10-7(6)5-9;9-4-6-2-1-3-8-7(6)5-10;;;1-4(2)3/h5-7H,3-4,8-9H2,1-2H3;1-3,7H,4-5H2,(H,11,12);1-3H,4-5H2;1-3,9-10H,4-5H2;2*1H4;. The van der Waals surface area contributed by atoms with Crippen LogP contribution in [0.15, 0.2) is 73.3 Å². The first-order chi connectivity index (χ1) is 26.4. The number of carboxylic acids is 1. The van der Waals surface area contributed by atoms with Crippen LogP contribution in [0.4, 0.5) is 0 Å². The minimum atomic E-state index is -1.67. The first-order valence-corrected chi connectivity index (χ1v) is 20.6. The van der Waals surface area contributed by atoms with Crippen LogP contribution in [-0.2, 0) is 83.7 Å². The Bertz CT molecular complexity index is 1690. The van der Waals surface area contributed by atoms with E-state index < -0.39 is 32.5 Å². The van der Waals surface area contributed by atoms with E-state index in [4.69, 9.17) is 52.2 Å². The maximum absolute atomic E-state index is 12.2. The summed E-state index contributed by atoms with van der Waals surface area (Å²) in [6, 6.07) is 14.7. The number of ether oxygens (including phenoxy) is 2. The Balaban J connectivity index is 0.000000727. The number of carbonyl (C=O) groups excluding carboxylic acids is 2. The smallest absolute Gasteiger partial charge is 0.324 e. The molecule has 13 nitrogen and oxygen atoms in total. The van der Waals surface area contributed by atoms with E-state index in [1.54, 1.807) is 56.8 Å². The van der Waals surface area contributed by atoms with Gasteiger partial charge in [0.15, 0.2) is 5.41 Å². The Labute approximate surface area is 355 Å². The van der Waals surface area contributed by atoms with Crippen molar-refractivity contribution in [1.82, 2.24) is 19.9 Å². The van der Waals surface area contributed by atoms with Crippen molar-refractivity contribution in [2.24, 2.45) is 11.3 Å². The summed E-state index contributed by atoms with van der Waals surface area (Å²) in [5.74, 6) is -1.10. The summed E-state index contributed by atoms with van der Waals surface area (Å²) in [4.78, 5) is 51.3. The molecule has 57 heavy (non-hydrogen) atoms. The normalized spacial score (nSPS) is 13.6. The number of aliphatic hydroxyl groups excluding tert-OH is 2. The van der Waals surface area contributed by atoms with Crippen molar-refractivity contribution in [3.63, 3.8) is 0 Å². The molecule has 3 N–H and O–H groups in total. The molecule has 0 radical (unpaired) electrons. The Kier molecular flexibility index (Phi) is 26.7. The second-order valence-corrected chi connectivity index (χ2v) is 14.6. The number of halogens is 4. The summed E-state index contributed by atoms with van der Waals surface area (Å²) in [5, 5.41) is 26.1. The van der Waals surface area contributed by atoms with E-state index in [2.05, 4.69) is 41.3 Å². The van der Waals surface area contributed by atoms with Crippen molar-refractivity contribution in [3.8, 4) is 0 Å². The highest BCUT2D eigenvalue weighted by molar-refractivity contribution is 8.26. The highest BCUT2D eigenvalue weighted by Gasteiger charge is 2.53. The predicted molar refractivity (Wildman–Crippen MR) is 223 cm³/mol. The lowest BCUT2D eigenvalue weighted by Crippen LogP contribution is -2.43. The summed E-state index contributed by atoms with van der Waals surface area (Å²) in [7, 11) is 7.36. The first-order valence-electron chi connectivity index (χ1n) is 16.8. The summed E-state index contributed by atoms with van der Waals surface area (Å²) in [6.45, 7) is 3.74. The van der Waals surface area contributed by atoms with Crippen LogP contribution in [-0.4, -0.2) is 70.6 Å². The van der Waals surface area contributed by atoms with Gasteiger partial charge in [-0.3, -0.25) is 34.3 Å². The van der Waals surface area contributed by atoms with E-state index in [-0.39, 0.29) is 53.6 Å². The van der Waals surface area contributed by atoms with Gasteiger partial charge in [-0.05, 0) is 61.2 Å². The monoisotopic (exact) mass is 890 g/mol. The molecule has 0 bridgehead atoms. The van der Waals surface area contributed by atoms with Crippen molar-refractivity contribution >= 4 is 71.7 Å². The molecular formula is C39H50Cl4N4O9S. The van der Waals surface area contributed by atoms with Gasteiger partial charge in [0.1, 0.15) is 0 Å². The fourth-order valence-corrected chi connectivity index (χ4v) is 5.92. The molecule has 1 atom stereocenters. The van der Waals surface area contributed by atoms with Gasteiger partial charge >= 0.3 is 17.9 Å². The van der Waals surface area contributed by atoms with E-state index in [0.717, 1.165) is 33.8 Å². The number of carboxylic acid groups (broad SMARTS) is 1. The highest BCUT2D eigenvalue weighted by atomic mass is 36.0. The third-order valence-electron chi connectivity index (χ3n) is 8.08. The molecule has 0 fully saturated rings. The van der Waals surface area contributed by atoms with Gasteiger partial charge in [0.2, 0.25) is 9.23 Å². The van der Waals surface area contributed by atoms with Gasteiger partial charge in [0.05, 0.1) is 49.6 Å². The van der Waals surface area contributed by atoms with Crippen LogP contribution in [0.5, 0.6) is 0 Å². The van der Waals surface area contributed by atoms with Gasteiger partial charge in [-0.25, -0.2) is 4.21 Å². The fraction of sp³-hybridized carbons (Fsp3) is 0.410. The first kappa shape index (κ1) is 53.2. The maximum atomic E-state index is 12.2. The molecule has 314 valence electrons. The Morgan fingerprint density at radius 1 is 0.719 bits per heavy atom. The Morgan fingerprint density at radius 3 is 1.63 bits per heavy atom. The molecule has 0 aliphatic heterocycles. The molecule has 2 aliphatic rings. The third kappa shape index (κ3) is 16.9. The van der Waals surface area contributed by atoms with Crippen molar-refractivity contribution in [1.29, 1.82) is 0 Å². The molecule has 0 amide bonds. The zero-order valence-corrected chi connectivity index (χ0v) is 33.9. The SMILES string of the molecule is C.C.CCOC(=O)C1(C(=O)OCC)Cc2cccnc2C1.ClCc1cccnc1CCl.O=C(O)C1Cc2cccnc2C1.O=S(Cl)Cl.OCc1cccnc1CO. The van der Waals surface area contributed by atoms with Crippen LogP contribution in [0.1, 0.15) is 73.7 Å². The van der Waals surface area contributed by atoms with E-state index >= 15 is 0 Å². The maximum Gasteiger partial charge on any atom is 0.324 e. The molecule has 4 aromatic rings. The van der Waals surface area contributed by atoms with Gasteiger partial charge < -0.3 is 24.8 Å². The zero-order valence-electron chi connectivity index (χ0n) is 30.1. The van der Waals surface area contributed by atoms with Crippen molar-refractivity contribution < 1.29 is 43.4 Å². The van der Waals surface area contributed by atoms with E-state index in [1.807, 2.05) is 30.3 Å². The van der Waals surface area contributed by atoms with Gasteiger partial charge in [-0.15, -0.1) is 23.2 Å². The second-order valence-electron chi connectivity index (χ2n) is 11.5. The molecule has 0 aromatic carbocycles. The number of fused-ring (bicyclic) bond motifs is 2.